The van der Waals surface area contributed by atoms with Crippen LogP contribution in [0.3, 0.4) is 0 Å². The SMILES string of the molecule is CCCCCCNC1=CC(=O)CC(C)(C)C1C#N. The van der Waals surface area contributed by atoms with Crippen molar-refractivity contribution in [1.29, 1.82) is 5.26 Å². The van der Waals surface area contributed by atoms with Crippen LogP contribution in [0.15, 0.2) is 11.8 Å². The van der Waals surface area contributed by atoms with E-state index in [1.54, 1.807) is 6.08 Å². The normalized spacial score (nSPS) is 22.2. The van der Waals surface area contributed by atoms with Crippen LogP contribution in [-0.4, -0.2) is 12.3 Å². The van der Waals surface area contributed by atoms with Gasteiger partial charge in [-0.2, -0.15) is 5.26 Å². The fraction of sp³-hybridized carbons (Fsp3) is 0.733. The highest BCUT2D eigenvalue weighted by molar-refractivity contribution is 5.92. The Kier molecular flexibility index (Phi) is 5.40. The van der Waals surface area contributed by atoms with E-state index in [0.29, 0.717) is 6.42 Å². The first-order valence-corrected chi connectivity index (χ1v) is 6.89. The first-order valence-electron chi connectivity index (χ1n) is 6.89. The van der Waals surface area contributed by atoms with Crippen molar-refractivity contribution in [2.75, 3.05) is 6.54 Å². The van der Waals surface area contributed by atoms with Crippen LogP contribution in [0.2, 0.25) is 0 Å². The van der Waals surface area contributed by atoms with Crippen LogP contribution in [0.1, 0.15) is 52.9 Å². The first-order chi connectivity index (χ1) is 8.51. The summed E-state index contributed by atoms with van der Waals surface area (Å²) in [6, 6.07) is 2.33. The molecule has 1 aliphatic rings. The predicted octanol–water partition coefficient (Wildman–Crippen LogP) is 3.18. The van der Waals surface area contributed by atoms with Crippen LogP contribution >= 0.6 is 0 Å². The third-order valence-electron chi connectivity index (χ3n) is 3.53. The van der Waals surface area contributed by atoms with Crippen LogP contribution in [-0.2, 0) is 4.79 Å². The quantitative estimate of drug-likeness (QED) is 0.734. The smallest absolute Gasteiger partial charge is 0.158 e. The van der Waals surface area contributed by atoms with Gasteiger partial charge in [-0.25, -0.2) is 0 Å². The van der Waals surface area contributed by atoms with Gasteiger partial charge in [0.25, 0.3) is 0 Å². The van der Waals surface area contributed by atoms with E-state index in [1.807, 2.05) is 13.8 Å². The summed E-state index contributed by atoms with van der Waals surface area (Å²) in [5.41, 5.74) is 0.557. The number of unbranched alkanes of at least 4 members (excludes halogenated alkanes) is 3. The number of ketones is 1. The third-order valence-corrected chi connectivity index (χ3v) is 3.53. The molecule has 0 aromatic carbocycles. The van der Waals surface area contributed by atoms with Gasteiger partial charge >= 0.3 is 0 Å². The van der Waals surface area contributed by atoms with Crippen LogP contribution in [0.25, 0.3) is 0 Å². The number of allylic oxidation sites excluding steroid dienone is 2. The minimum atomic E-state index is -0.258. The molecule has 3 heteroatoms. The van der Waals surface area contributed by atoms with E-state index in [0.717, 1.165) is 18.7 Å². The summed E-state index contributed by atoms with van der Waals surface area (Å²) in [4.78, 5) is 11.7. The van der Waals surface area contributed by atoms with Gasteiger partial charge < -0.3 is 5.32 Å². The van der Waals surface area contributed by atoms with Crippen molar-refractivity contribution in [1.82, 2.24) is 5.32 Å². The molecule has 0 bridgehead atoms. The molecule has 0 aliphatic heterocycles. The summed E-state index contributed by atoms with van der Waals surface area (Å²) < 4.78 is 0. The molecule has 1 aliphatic carbocycles. The van der Waals surface area contributed by atoms with Gasteiger partial charge in [0, 0.05) is 24.7 Å². The zero-order valence-electron chi connectivity index (χ0n) is 11.8. The second-order valence-corrected chi connectivity index (χ2v) is 5.78. The summed E-state index contributed by atoms with van der Waals surface area (Å²) in [6.07, 6.45) is 6.84. The largest absolute Gasteiger partial charge is 0.387 e. The summed E-state index contributed by atoms with van der Waals surface area (Å²) >= 11 is 0. The van der Waals surface area contributed by atoms with Crippen LogP contribution in [0.4, 0.5) is 0 Å². The summed E-state index contributed by atoms with van der Waals surface area (Å²) in [5.74, 6) is -0.0658. The summed E-state index contributed by atoms with van der Waals surface area (Å²) in [5, 5.41) is 12.6. The molecule has 1 N–H and O–H groups in total. The Morgan fingerprint density at radius 1 is 1.44 bits per heavy atom. The molecule has 0 fully saturated rings. The Balaban J connectivity index is 2.57. The molecule has 0 aromatic rings. The number of carbonyl (C=O) groups excluding carboxylic acids is 1. The first kappa shape index (κ1) is 14.8. The van der Waals surface area contributed by atoms with Gasteiger partial charge in [0.15, 0.2) is 5.78 Å². The Hall–Kier alpha value is -1.30. The Bertz CT molecular complexity index is 363. The lowest BCUT2D eigenvalue weighted by atomic mass is 9.70. The van der Waals surface area contributed by atoms with Crippen molar-refractivity contribution in [3.63, 3.8) is 0 Å². The molecule has 0 saturated heterocycles. The van der Waals surface area contributed by atoms with Crippen molar-refractivity contribution in [3.8, 4) is 6.07 Å². The molecular weight excluding hydrogens is 224 g/mol. The van der Waals surface area contributed by atoms with Crippen molar-refractivity contribution < 1.29 is 4.79 Å². The lowest BCUT2D eigenvalue weighted by Gasteiger charge is -2.34. The minimum absolute atomic E-state index is 0.127. The van der Waals surface area contributed by atoms with Crippen LogP contribution < -0.4 is 5.32 Å². The van der Waals surface area contributed by atoms with Crippen LogP contribution in [0, 0.1) is 22.7 Å². The second kappa shape index (κ2) is 6.58. The number of hydrogen-bond acceptors (Lipinski definition) is 3. The van der Waals surface area contributed by atoms with Gasteiger partial charge in [-0.3, -0.25) is 4.79 Å². The highest BCUT2D eigenvalue weighted by Crippen LogP contribution is 2.38. The molecule has 0 radical (unpaired) electrons. The molecule has 1 unspecified atom stereocenters. The van der Waals surface area contributed by atoms with Crippen molar-refractivity contribution in [2.24, 2.45) is 11.3 Å². The monoisotopic (exact) mass is 248 g/mol. The average molecular weight is 248 g/mol. The molecule has 100 valence electrons. The summed E-state index contributed by atoms with van der Waals surface area (Å²) in [6.45, 7) is 7.02. The average Bonchev–Trinajstić information content (AvgIpc) is 2.27. The molecule has 1 atom stereocenters. The predicted molar refractivity (Wildman–Crippen MR) is 72.7 cm³/mol. The number of nitrogens with one attached hydrogen (secondary N) is 1. The Morgan fingerprint density at radius 3 is 2.78 bits per heavy atom. The maximum atomic E-state index is 11.7. The molecule has 0 amide bonds. The Morgan fingerprint density at radius 2 is 2.17 bits per heavy atom. The van der Waals surface area contributed by atoms with Crippen LogP contribution in [0.5, 0.6) is 0 Å². The van der Waals surface area contributed by atoms with E-state index in [9.17, 15) is 10.1 Å². The van der Waals surface area contributed by atoms with Crippen molar-refractivity contribution in [3.05, 3.63) is 11.8 Å². The lowest BCUT2D eigenvalue weighted by molar-refractivity contribution is -0.117. The molecule has 0 spiro atoms. The van der Waals surface area contributed by atoms with Gasteiger partial charge in [0.1, 0.15) is 0 Å². The number of hydrogen-bond donors (Lipinski definition) is 1. The third kappa shape index (κ3) is 3.87. The molecule has 1 rings (SSSR count). The fourth-order valence-electron chi connectivity index (χ4n) is 2.46. The van der Waals surface area contributed by atoms with E-state index < -0.39 is 0 Å². The standard InChI is InChI=1S/C15H24N2O/c1-4-5-6-7-8-17-14-9-12(18)10-15(2,3)13(14)11-16/h9,13,17H,4-8,10H2,1-3H3. The van der Waals surface area contributed by atoms with E-state index in [-0.39, 0.29) is 17.1 Å². The number of nitriles is 1. The maximum absolute atomic E-state index is 11.7. The molecule has 18 heavy (non-hydrogen) atoms. The summed E-state index contributed by atoms with van der Waals surface area (Å²) in [7, 11) is 0. The van der Waals surface area contributed by atoms with E-state index in [4.69, 9.17) is 0 Å². The van der Waals surface area contributed by atoms with Gasteiger partial charge in [0.05, 0.1) is 12.0 Å². The lowest BCUT2D eigenvalue weighted by Crippen LogP contribution is -2.36. The molecule has 0 saturated carbocycles. The van der Waals surface area contributed by atoms with E-state index in [1.165, 1.54) is 19.3 Å². The number of carbonyl (C=O) groups is 1. The highest BCUT2D eigenvalue weighted by Gasteiger charge is 2.37. The van der Waals surface area contributed by atoms with Crippen molar-refractivity contribution in [2.45, 2.75) is 52.9 Å². The highest BCUT2D eigenvalue weighted by atomic mass is 16.1. The molecule has 0 aromatic heterocycles. The van der Waals surface area contributed by atoms with E-state index in [2.05, 4.69) is 18.3 Å². The van der Waals surface area contributed by atoms with Gasteiger partial charge in [-0.1, -0.05) is 40.0 Å². The maximum Gasteiger partial charge on any atom is 0.158 e. The van der Waals surface area contributed by atoms with E-state index >= 15 is 0 Å². The van der Waals surface area contributed by atoms with Gasteiger partial charge in [-0.15, -0.1) is 0 Å². The molecule has 3 nitrogen and oxygen atoms in total. The Labute approximate surface area is 110 Å². The van der Waals surface area contributed by atoms with Crippen molar-refractivity contribution >= 4 is 5.78 Å². The zero-order chi connectivity index (χ0) is 13.6. The number of nitrogens with zero attached hydrogens (tertiary/aromatic N) is 1. The van der Waals surface area contributed by atoms with Gasteiger partial charge in [0.2, 0.25) is 0 Å². The second-order valence-electron chi connectivity index (χ2n) is 5.78. The molecular formula is C15H24N2O. The zero-order valence-corrected chi connectivity index (χ0v) is 11.8. The topological polar surface area (TPSA) is 52.9 Å². The number of rotatable bonds is 6. The fourth-order valence-corrected chi connectivity index (χ4v) is 2.46. The molecule has 0 heterocycles. The minimum Gasteiger partial charge on any atom is -0.387 e. The van der Waals surface area contributed by atoms with Gasteiger partial charge in [-0.05, 0) is 11.8 Å².